The zero-order valence-corrected chi connectivity index (χ0v) is 10.7. The van der Waals surface area contributed by atoms with E-state index in [2.05, 4.69) is 10.3 Å². The van der Waals surface area contributed by atoms with Crippen LogP contribution in [0.25, 0.3) is 0 Å². The van der Waals surface area contributed by atoms with Gasteiger partial charge >= 0.3 is 0 Å². The van der Waals surface area contributed by atoms with Crippen LogP contribution in [0.2, 0.25) is 0 Å². The fourth-order valence-electron chi connectivity index (χ4n) is 1.90. The van der Waals surface area contributed by atoms with Gasteiger partial charge in [-0.3, -0.25) is 10.1 Å². The van der Waals surface area contributed by atoms with Gasteiger partial charge in [0.25, 0.3) is 6.20 Å². The maximum atomic E-state index is 10.5. The molecular formula is C12H16N4O3. The van der Waals surface area contributed by atoms with Gasteiger partial charge < -0.3 is 15.0 Å². The minimum Gasteiger partial charge on any atom is -0.478 e. The Hall–Kier alpha value is -2.31. The molecule has 0 saturated carbocycles. The van der Waals surface area contributed by atoms with Crippen molar-refractivity contribution >= 4 is 0 Å². The number of nitrogens with one attached hydrogen (secondary N) is 1. The molecule has 2 rings (SSSR count). The molecule has 7 nitrogen and oxygen atoms in total. The lowest BCUT2D eigenvalue weighted by molar-refractivity contribution is -0.404. The van der Waals surface area contributed by atoms with Crippen LogP contribution in [0, 0.1) is 10.1 Å². The largest absolute Gasteiger partial charge is 0.478 e. The van der Waals surface area contributed by atoms with Crippen LogP contribution < -0.4 is 10.1 Å². The third-order valence-electron chi connectivity index (χ3n) is 2.72. The summed E-state index contributed by atoms with van der Waals surface area (Å²) < 4.78 is 5.27. The zero-order valence-electron chi connectivity index (χ0n) is 10.7. The van der Waals surface area contributed by atoms with Crippen molar-refractivity contribution in [2.45, 2.75) is 13.5 Å². The number of hydrogen-bond acceptors (Lipinski definition) is 6. The smallest absolute Gasteiger partial charge is 0.274 e. The Morgan fingerprint density at radius 1 is 1.63 bits per heavy atom. The minimum atomic E-state index is -0.447. The van der Waals surface area contributed by atoms with Gasteiger partial charge in [-0.1, -0.05) is 6.07 Å². The first-order valence-corrected chi connectivity index (χ1v) is 6.11. The van der Waals surface area contributed by atoms with Crippen LogP contribution in [0.4, 0.5) is 0 Å². The van der Waals surface area contributed by atoms with Gasteiger partial charge in [0.1, 0.15) is 0 Å². The van der Waals surface area contributed by atoms with E-state index in [0.29, 0.717) is 31.4 Å². The lowest BCUT2D eigenvalue weighted by atomic mass is 10.2. The number of nitrogens with zero attached hydrogens (tertiary/aromatic N) is 3. The normalized spacial score (nSPS) is 16.5. The highest BCUT2D eigenvalue weighted by molar-refractivity contribution is 5.19. The van der Waals surface area contributed by atoms with E-state index < -0.39 is 4.92 Å². The molecule has 1 fully saturated rings. The Kier molecular flexibility index (Phi) is 4.17. The predicted octanol–water partition coefficient (Wildman–Crippen LogP) is 0.961. The van der Waals surface area contributed by atoms with Gasteiger partial charge in [-0.05, 0) is 12.5 Å². The molecule has 0 bridgehead atoms. The highest BCUT2D eigenvalue weighted by atomic mass is 16.6. The van der Waals surface area contributed by atoms with Gasteiger partial charge in [0.2, 0.25) is 5.88 Å². The van der Waals surface area contributed by atoms with Gasteiger partial charge in [0, 0.05) is 31.9 Å². The molecule has 0 amide bonds. The number of aromatic nitrogens is 1. The van der Waals surface area contributed by atoms with E-state index in [1.165, 1.54) is 0 Å². The summed E-state index contributed by atoms with van der Waals surface area (Å²) in [5.74, 6) is 1.13. The van der Waals surface area contributed by atoms with Gasteiger partial charge in [-0.2, -0.15) is 0 Å². The van der Waals surface area contributed by atoms with Gasteiger partial charge in [-0.15, -0.1) is 0 Å². The lowest BCUT2D eigenvalue weighted by Gasteiger charge is -2.16. The molecule has 1 aliphatic rings. The quantitative estimate of drug-likeness (QED) is 0.630. The molecule has 1 aliphatic heterocycles. The van der Waals surface area contributed by atoms with E-state index in [0.717, 1.165) is 18.3 Å². The average Bonchev–Trinajstić information content (AvgIpc) is 2.79. The Bertz CT molecular complexity index is 472. The lowest BCUT2D eigenvalue weighted by Crippen LogP contribution is -2.20. The van der Waals surface area contributed by atoms with Gasteiger partial charge in [0.05, 0.1) is 11.5 Å². The maximum Gasteiger partial charge on any atom is 0.274 e. The number of nitro groups is 1. The predicted molar refractivity (Wildman–Crippen MR) is 68.9 cm³/mol. The maximum absolute atomic E-state index is 10.5. The monoisotopic (exact) mass is 264 g/mol. The van der Waals surface area contributed by atoms with Crippen molar-refractivity contribution in [2.24, 2.45) is 0 Å². The summed E-state index contributed by atoms with van der Waals surface area (Å²) in [7, 11) is 0. The summed E-state index contributed by atoms with van der Waals surface area (Å²) in [5.41, 5.74) is 0.987. The fraction of sp³-hybridized carbons (Fsp3) is 0.417. The molecule has 1 N–H and O–H groups in total. The van der Waals surface area contributed by atoms with E-state index in [1.54, 1.807) is 12.3 Å². The first kappa shape index (κ1) is 13.1. The van der Waals surface area contributed by atoms with Crippen molar-refractivity contribution < 1.29 is 9.66 Å². The van der Waals surface area contributed by atoms with Gasteiger partial charge in [0.15, 0.2) is 5.82 Å². The Labute approximate surface area is 111 Å². The second-order valence-electron chi connectivity index (χ2n) is 4.09. The molecule has 1 aromatic heterocycles. The van der Waals surface area contributed by atoms with Crippen molar-refractivity contribution in [2.75, 3.05) is 19.7 Å². The van der Waals surface area contributed by atoms with Crippen molar-refractivity contribution in [1.82, 2.24) is 15.2 Å². The molecule has 0 spiro atoms. The molecular weight excluding hydrogens is 248 g/mol. The van der Waals surface area contributed by atoms with Crippen LogP contribution in [0.15, 0.2) is 30.4 Å². The second-order valence-corrected chi connectivity index (χ2v) is 4.09. The number of pyridine rings is 1. The molecule has 0 radical (unpaired) electrons. The molecule has 0 aromatic carbocycles. The summed E-state index contributed by atoms with van der Waals surface area (Å²) in [6.45, 7) is 4.53. The number of rotatable bonds is 5. The van der Waals surface area contributed by atoms with Crippen LogP contribution in [0.3, 0.4) is 0 Å². The Morgan fingerprint density at radius 2 is 2.47 bits per heavy atom. The fourth-order valence-corrected chi connectivity index (χ4v) is 1.90. The van der Waals surface area contributed by atoms with Crippen molar-refractivity contribution in [1.29, 1.82) is 0 Å². The van der Waals surface area contributed by atoms with Crippen LogP contribution in [0.5, 0.6) is 5.88 Å². The van der Waals surface area contributed by atoms with Crippen LogP contribution in [-0.2, 0) is 6.54 Å². The zero-order chi connectivity index (χ0) is 13.7. The number of ether oxygens (including phenoxy) is 1. The van der Waals surface area contributed by atoms with Crippen LogP contribution >= 0.6 is 0 Å². The van der Waals surface area contributed by atoms with Crippen molar-refractivity contribution in [3.05, 3.63) is 46.0 Å². The standard InChI is InChI=1S/C12H16N4O3/c1-2-19-12-4-3-10(7-14-12)8-15-6-5-13-11(15)9-16(17)18/h3-4,7,9,13H,2,5-6,8H2,1H3/b11-9+. The molecule has 1 aromatic rings. The van der Waals surface area contributed by atoms with Gasteiger partial charge in [-0.25, -0.2) is 4.98 Å². The van der Waals surface area contributed by atoms with Crippen LogP contribution in [-0.4, -0.2) is 34.5 Å². The summed E-state index contributed by atoms with van der Waals surface area (Å²) in [6.07, 6.45) is 2.72. The molecule has 102 valence electrons. The third-order valence-corrected chi connectivity index (χ3v) is 2.72. The Morgan fingerprint density at radius 3 is 3.11 bits per heavy atom. The SMILES string of the molecule is CCOc1ccc(CN2CCN/C2=C\[N+](=O)[O-])cn1. The third kappa shape index (κ3) is 3.57. The molecule has 19 heavy (non-hydrogen) atoms. The van der Waals surface area contributed by atoms with Crippen molar-refractivity contribution in [3.8, 4) is 5.88 Å². The highest BCUT2D eigenvalue weighted by Crippen LogP contribution is 2.14. The molecule has 0 aliphatic carbocycles. The van der Waals surface area contributed by atoms with Crippen molar-refractivity contribution in [3.63, 3.8) is 0 Å². The van der Waals surface area contributed by atoms with E-state index >= 15 is 0 Å². The van der Waals surface area contributed by atoms with E-state index in [4.69, 9.17) is 4.74 Å². The molecule has 0 atom stereocenters. The highest BCUT2D eigenvalue weighted by Gasteiger charge is 2.19. The second kappa shape index (κ2) is 6.03. The molecule has 7 heteroatoms. The Balaban J connectivity index is 2.02. The van der Waals surface area contributed by atoms with E-state index in [9.17, 15) is 10.1 Å². The van der Waals surface area contributed by atoms with E-state index in [-0.39, 0.29) is 0 Å². The molecule has 0 unspecified atom stereocenters. The summed E-state index contributed by atoms with van der Waals surface area (Å²) in [5, 5.41) is 13.5. The summed E-state index contributed by atoms with van der Waals surface area (Å²) >= 11 is 0. The minimum absolute atomic E-state index is 0.447. The summed E-state index contributed by atoms with van der Waals surface area (Å²) in [6, 6.07) is 3.72. The topological polar surface area (TPSA) is 80.5 Å². The molecule has 1 saturated heterocycles. The van der Waals surface area contributed by atoms with E-state index in [1.807, 2.05) is 17.9 Å². The first-order chi connectivity index (χ1) is 9.19. The first-order valence-electron chi connectivity index (χ1n) is 6.11. The summed E-state index contributed by atoms with van der Waals surface area (Å²) in [4.78, 5) is 16.1. The molecule has 2 heterocycles. The average molecular weight is 264 g/mol. The number of hydrogen-bond donors (Lipinski definition) is 1. The van der Waals surface area contributed by atoms with Crippen LogP contribution in [0.1, 0.15) is 12.5 Å².